The highest BCUT2D eigenvalue weighted by atomic mass is 32.2. The van der Waals surface area contributed by atoms with Gasteiger partial charge in [0.05, 0.1) is 25.2 Å². The van der Waals surface area contributed by atoms with Crippen LogP contribution in [0.5, 0.6) is 11.5 Å². The Balaban J connectivity index is 1.29. The molecule has 1 heterocycles. The molecule has 3 N–H and O–H groups in total. The van der Waals surface area contributed by atoms with E-state index in [1.807, 2.05) is 6.07 Å². The molecule has 0 aliphatic carbocycles. The zero-order chi connectivity index (χ0) is 34.0. The number of carbonyl (C=O) groups is 3. The second kappa shape index (κ2) is 15.9. The van der Waals surface area contributed by atoms with Gasteiger partial charge in [-0.2, -0.15) is 0 Å². The van der Waals surface area contributed by atoms with Gasteiger partial charge in [0.25, 0.3) is 11.8 Å². The summed E-state index contributed by atoms with van der Waals surface area (Å²) in [4.78, 5) is 44.9. The second-order valence-corrected chi connectivity index (χ2v) is 12.5. The molecule has 0 saturated carbocycles. The lowest BCUT2D eigenvalue weighted by atomic mass is 10.1. The first-order valence-corrected chi connectivity index (χ1v) is 16.4. The fraction of sp³-hybridized carbons (Fsp3) is 0.111. The number of aromatic nitrogens is 1. The van der Waals surface area contributed by atoms with E-state index in [-0.39, 0.29) is 17.4 Å². The first-order chi connectivity index (χ1) is 23.2. The van der Waals surface area contributed by atoms with Crippen molar-refractivity contribution in [2.45, 2.75) is 17.1 Å². The minimum atomic E-state index is -0.564. The summed E-state index contributed by atoms with van der Waals surface area (Å²) in [6, 6.07) is 26.7. The number of anilines is 2. The number of thiazole rings is 1. The van der Waals surface area contributed by atoms with E-state index >= 15 is 0 Å². The molecule has 0 spiro atoms. The third-order valence-electron chi connectivity index (χ3n) is 6.92. The monoisotopic (exact) mass is 682 g/mol. The van der Waals surface area contributed by atoms with E-state index in [0.717, 1.165) is 10.5 Å². The van der Waals surface area contributed by atoms with Crippen LogP contribution in [-0.2, 0) is 9.59 Å². The molecule has 0 radical (unpaired) electrons. The third kappa shape index (κ3) is 8.87. The van der Waals surface area contributed by atoms with Crippen molar-refractivity contribution < 1.29 is 28.2 Å². The molecule has 0 bridgehead atoms. The zero-order valence-electron chi connectivity index (χ0n) is 26.2. The van der Waals surface area contributed by atoms with Gasteiger partial charge in [-0.1, -0.05) is 24.3 Å². The number of amides is 3. The maximum atomic E-state index is 13.6. The Labute approximate surface area is 285 Å². The Kier molecular flexibility index (Phi) is 11.2. The van der Waals surface area contributed by atoms with Crippen LogP contribution in [-0.4, -0.2) is 42.2 Å². The van der Waals surface area contributed by atoms with Crippen LogP contribution in [0.4, 0.5) is 15.2 Å². The molecule has 48 heavy (non-hydrogen) atoms. The first kappa shape index (κ1) is 33.9. The van der Waals surface area contributed by atoms with Crippen LogP contribution in [0.15, 0.2) is 113 Å². The molecule has 1 atom stereocenters. The molecular formula is C36H31FN4O5S2. The second-order valence-electron chi connectivity index (χ2n) is 10.3. The average Bonchev–Trinajstić information content (AvgIpc) is 3.57. The van der Waals surface area contributed by atoms with E-state index in [9.17, 15) is 18.8 Å². The number of nitrogens with one attached hydrogen (secondary N) is 3. The summed E-state index contributed by atoms with van der Waals surface area (Å²) in [5.41, 5.74) is 2.76. The third-order valence-corrected chi connectivity index (χ3v) is 8.77. The number of halogens is 1. The summed E-state index contributed by atoms with van der Waals surface area (Å²) in [7, 11) is 3.04. The van der Waals surface area contributed by atoms with E-state index in [4.69, 9.17) is 9.47 Å². The van der Waals surface area contributed by atoms with Crippen molar-refractivity contribution in [2.75, 3.05) is 24.9 Å². The molecule has 4 aromatic carbocycles. The summed E-state index contributed by atoms with van der Waals surface area (Å²) in [5, 5.41) is 10.1. The summed E-state index contributed by atoms with van der Waals surface area (Å²) in [6.45, 7) is 1.77. The van der Waals surface area contributed by atoms with E-state index in [1.165, 1.54) is 55.5 Å². The SMILES string of the molecule is COc1ccc(/C=C(/NC(=O)c2ccccc2)C(=O)Nc2cccc(SC(C)C(=O)Nc3nc(-c4ccc(F)cc4)cs3)c2)c(OC)c1. The van der Waals surface area contributed by atoms with Gasteiger partial charge in [-0.3, -0.25) is 14.4 Å². The average molecular weight is 683 g/mol. The van der Waals surface area contributed by atoms with Crippen LogP contribution in [0.25, 0.3) is 17.3 Å². The van der Waals surface area contributed by atoms with Gasteiger partial charge in [0.15, 0.2) is 5.13 Å². The Morgan fingerprint density at radius 1 is 0.896 bits per heavy atom. The molecule has 1 aromatic heterocycles. The van der Waals surface area contributed by atoms with Gasteiger partial charge in [-0.05, 0) is 79.7 Å². The molecule has 1 unspecified atom stereocenters. The topological polar surface area (TPSA) is 119 Å². The van der Waals surface area contributed by atoms with Crippen LogP contribution in [0, 0.1) is 5.82 Å². The minimum absolute atomic E-state index is 0.0124. The van der Waals surface area contributed by atoms with Crippen LogP contribution in [0.2, 0.25) is 0 Å². The van der Waals surface area contributed by atoms with Crippen molar-refractivity contribution >= 4 is 57.7 Å². The molecule has 0 fully saturated rings. The fourth-order valence-electron chi connectivity index (χ4n) is 4.43. The molecule has 9 nitrogen and oxygen atoms in total. The smallest absolute Gasteiger partial charge is 0.272 e. The molecule has 12 heteroatoms. The number of methoxy groups -OCH3 is 2. The Morgan fingerprint density at radius 2 is 1.67 bits per heavy atom. The van der Waals surface area contributed by atoms with Crippen molar-refractivity contribution in [3.8, 4) is 22.8 Å². The summed E-state index contributed by atoms with van der Waals surface area (Å²) < 4.78 is 24.0. The van der Waals surface area contributed by atoms with E-state index < -0.39 is 17.1 Å². The van der Waals surface area contributed by atoms with Crippen molar-refractivity contribution in [1.29, 1.82) is 0 Å². The first-order valence-electron chi connectivity index (χ1n) is 14.6. The van der Waals surface area contributed by atoms with Crippen molar-refractivity contribution in [3.05, 3.63) is 125 Å². The molecule has 3 amide bonds. The number of hydrogen-bond acceptors (Lipinski definition) is 8. The van der Waals surface area contributed by atoms with Crippen molar-refractivity contribution in [3.63, 3.8) is 0 Å². The lowest BCUT2D eigenvalue weighted by Crippen LogP contribution is -2.30. The largest absolute Gasteiger partial charge is 0.497 e. The summed E-state index contributed by atoms with van der Waals surface area (Å²) in [5.74, 6) is -0.593. The van der Waals surface area contributed by atoms with Gasteiger partial charge in [0.2, 0.25) is 5.91 Å². The fourth-order valence-corrected chi connectivity index (χ4v) is 6.08. The van der Waals surface area contributed by atoms with Crippen LogP contribution >= 0.6 is 23.1 Å². The highest BCUT2D eigenvalue weighted by Crippen LogP contribution is 2.30. The summed E-state index contributed by atoms with van der Waals surface area (Å²) >= 11 is 2.58. The lowest BCUT2D eigenvalue weighted by Gasteiger charge is -2.14. The van der Waals surface area contributed by atoms with E-state index in [1.54, 1.807) is 91.2 Å². The summed E-state index contributed by atoms with van der Waals surface area (Å²) in [6.07, 6.45) is 1.53. The highest BCUT2D eigenvalue weighted by Gasteiger charge is 2.19. The molecule has 0 saturated heterocycles. The van der Waals surface area contributed by atoms with Crippen molar-refractivity contribution in [2.24, 2.45) is 0 Å². The van der Waals surface area contributed by atoms with Gasteiger partial charge < -0.3 is 25.4 Å². The maximum Gasteiger partial charge on any atom is 0.272 e. The predicted octanol–water partition coefficient (Wildman–Crippen LogP) is 7.50. The van der Waals surface area contributed by atoms with Crippen LogP contribution in [0.3, 0.4) is 0 Å². The van der Waals surface area contributed by atoms with Gasteiger partial charge in [-0.25, -0.2) is 9.37 Å². The molecule has 0 aliphatic heterocycles. The number of hydrogen-bond donors (Lipinski definition) is 3. The number of nitrogens with zero attached hydrogens (tertiary/aromatic N) is 1. The lowest BCUT2D eigenvalue weighted by molar-refractivity contribution is -0.115. The van der Waals surface area contributed by atoms with Gasteiger partial charge >= 0.3 is 0 Å². The van der Waals surface area contributed by atoms with Crippen LogP contribution in [0.1, 0.15) is 22.8 Å². The minimum Gasteiger partial charge on any atom is -0.497 e. The number of rotatable bonds is 12. The van der Waals surface area contributed by atoms with Crippen molar-refractivity contribution in [1.82, 2.24) is 10.3 Å². The van der Waals surface area contributed by atoms with Gasteiger partial charge in [0, 0.05) is 38.7 Å². The Morgan fingerprint density at radius 3 is 2.40 bits per heavy atom. The molecule has 0 aliphatic rings. The maximum absolute atomic E-state index is 13.6. The molecule has 5 aromatic rings. The number of benzene rings is 4. The number of ether oxygens (including phenoxy) is 2. The predicted molar refractivity (Wildman–Crippen MR) is 188 cm³/mol. The molecule has 5 rings (SSSR count). The zero-order valence-corrected chi connectivity index (χ0v) is 27.8. The Bertz CT molecular complexity index is 1950. The highest BCUT2D eigenvalue weighted by molar-refractivity contribution is 8.00. The van der Waals surface area contributed by atoms with Crippen LogP contribution < -0.4 is 25.4 Å². The van der Waals surface area contributed by atoms with E-state index in [0.29, 0.717) is 39.1 Å². The number of thioether (sulfide) groups is 1. The molecular weight excluding hydrogens is 652 g/mol. The standard InChI is InChI=1S/C36H31FN4O5S2/c1-22(33(42)41-36-40-31(21-47-36)23-12-15-26(37)16-13-23)48-29-11-7-10-27(19-29)38-35(44)30(39-34(43)24-8-5-4-6-9-24)18-25-14-17-28(45-2)20-32(25)46-3/h4-22H,1-3H3,(H,38,44)(H,39,43)(H,40,41,42)/b30-18+. The molecule has 244 valence electrons. The quantitative estimate of drug-likeness (QED) is 0.0922. The van der Waals surface area contributed by atoms with Gasteiger partial charge in [0.1, 0.15) is 23.0 Å². The van der Waals surface area contributed by atoms with E-state index in [2.05, 4.69) is 20.9 Å². The Hall–Kier alpha value is -5.46. The van der Waals surface area contributed by atoms with Gasteiger partial charge in [-0.15, -0.1) is 23.1 Å². The normalized spacial score (nSPS) is 11.7. The number of carbonyl (C=O) groups excluding carboxylic acids is 3.